The van der Waals surface area contributed by atoms with Crippen LogP contribution in [0.1, 0.15) is 58.8 Å². The summed E-state index contributed by atoms with van der Waals surface area (Å²) in [5.74, 6) is 2.08. The van der Waals surface area contributed by atoms with Gasteiger partial charge in [-0.05, 0) is 76.9 Å². The molecule has 3 saturated carbocycles. The first kappa shape index (κ1) is 20.3. The van der Waals surface area contributed by atoms with Gasteiger partial charge in [-0.25, -0.2) is 0 Å². The Labute approximate surface area is 172 Å². The van der Waals surface area contributed by atoms with Gasteiger partial charge >= 0.3 is 0 Å². The van der Waals surface area contributed by atoms with Crippen LogP contribution >= 0.6 is 22.6 Å². The first-order valence-corrected chi connectivity index (χ1v) is 11.3. The van der Waals surface area contributed by atoms with Crippen LogP contribution in [0, 0.1) is 23.2 Å². The molecule has 2 N–H and O–H groups in total. The van der Waals surface area contributed by atoms with E-state index >= 15 is 0 Å². The number of hydrogen-bond acceptors (Lipinski definition) is 2. The minimum absolute atomic E-state index is 0.404. The van der Waals surface area contributed by atoms with E-state index in [1.807, 2.05) is 0 Å². The molecule has 0 spiro atoms. The lowest BCUT2D eigenvalue weighted by atomic mass is 9.61. The fourth-order valence-corrected chi connectivity index (χ4v) is 6.51. The number of hydrogen-bond donors (Lipinski definition) is 2. The lowest BCUT2D eigenvalue weighted by Crippen LogP contribution is -2.35. The van der Waals surface area contributed by atoms with Crippen LogP contribution in [0.4, 0.5) is 0 Å². The van der Waals surface area contributed by atoms with Crippen LogP contribution in [-0.2, 0) is 0 Å². The van der Waals surface area contributed by atoms with Crippen LogP contribution in [0.2, 0.25) is 0 Å². The molecule has 3 aliphatic carbocycles. The maximum Gasteiger partial charge on any atom is 0.0811 e. The molecule has 0 aromatic carbocycles. The van der Waals surface area contributed by atoms with Crippen molar-refractivity contribution in [3.8, 4) is 0 Å². The van der Waals surface area contributed by atoms with Crippen molar-refractivity contribution in [3.63, 3.8) is 0 Å². The molecule has 0 unspecified atom stereocenters. The van der Waals surface area contributed by atoms with Crippen LogP contribution < -0.4 is 0 Å². The molecule has 0 aromatic heterocycles. The summed E-state index contributed by atoms with van der Waals surface area (Å²) in [7, 11) is 0. The van der Waals surface area contributed by atoms with E-state index in [4.69, 9.17) is 0 Å². The van der Waals surface area contributed by atoms with Crippen LogP contribution in [0.5, 0.6) is 0 Å². The molecule has 144 valence electrons. The van der Waals surface area contributed by atoms with E-state index in [1.165, 1.54) is 32.1 Å². The van der Waals surface area contributed by atoms with Gasteiger partial charge in [0.25, 0.3) is 0 Å². The molecule has 6 atom stereocenters. The summed E-state index contributed by atoms with van der Waals surface area (Å²) in [6, 6.07) is 0. The second-order valence-corrected chi connectivity index (χ2v) is 9.56. The van der Waals surface area contributed by atoms with Crippen molar-refractivity contribution in [2.75, 3.05) is 0 Å². The van der Waals surface area contributed by atoms with Crippen molar-refractivity contribution in [2.24, 2.45) is 23.2 Å². The first-order chi connectivity index (χ1) is 12.4. The third-order valence-corrected chi connectivity index (χ3v) is 7.73. The molecule has 0 heterocycles. The average molecular weight is 468 g/mol. The lowest BCUT2D eigenvalue weighted by molar-refractivity contribution is 0.0862. The first-order valence-electron chi connectivity index (χ1n) is 10.1. The van der Waals surface area contributed by atoms with Gasteiger partial charge in [-0.1, -0.05) is 66.8 Å². The lowest BCUT2D eigenvalue weighted by Gasteiger charge is -2.44. The molecular weight excluding hydrogens is 435 g/mol. The molecule has 0 aromatic rings. The van der Waals surface area contributed by atoms with Crippen molar-refractivity contribution < 1.29 is 10.2 Å². The van der Waals surface area contributed by atoms with Gasteiger partial charge in [0.2, 0.25) is 0 Å². The van der Waals surface area contributed by atoms with Crippen molar-refractivity contribution >= 4 is 22.6 Å². The summed E-state index contributed by atoms with van der Waals surface area (Å²) in [5, 5.41) is 20.0. The van der Waals surface area contributed by atoms with E-state index < -0.39 is 12.2 Å². The van der Waals surface area contributed by atoms with E-state index in [0.29, 0.717) is 30.1 Å². The molecule has 0 amide bonds. The van der Waals surface area contributed by atoms with Crippen molar-refractivity contribution in [1.29, 1.82) is 0 Å². The van der Waals surface area contributed by atoms with E-state index in [2.05, 4.69) is 65.3 Å². The highest BCUT2D eigenvalue weighted by atomic mass is 127. The van der Waals surface area contributed by atoms with Crippen LogP contribution in [0.15, 0.2) is 45.6 Å². The second kappa shape index (κ2) is 8.32. The Hall–Kier alpha value is -0.390. The minimum atomic E-state index is -0.600. The standard InChI is InChI=1S/C23H33IO2/c1-15(10-12-24)20-8-9-21-17(5-4-11-23(20,21)3)6-7-18-13-19(25)14-22(26)16(18)2/h6-7,10,12,15,19-22,25-26H,2,4-5,8-9,11,13-14H2,1,3H3/t15-,19-,20-,21+,22+,23-/m1/s1. The molecule has 0 aliphatic heterocycles. The SMILES string of the molecule is C=C1C(=CC=C2CCC[C@]3(C)[C@@H]([C@H](C)C=CI)CC[C@@H]23)C[C@@H](O)C[C@@H]1O. The second-order valence-electron chi connectivity index (χ2n) is 8.84. The maximum atomic E-state index is 10.1. The predicted molar refractivity (Wildman–Crippen MR) is 117 cm³/mol. The fraction of sp³-hybridized carbons (Fsp3) is 0.652. The third-order valence-electron chi connectivity index (χ3n) is 7.31. The fourth-order valence-electron chi connectivity index (χ4n) is 5.86. The van der Waals surface area contributed by atoms with Crippen LogP contribution in [0.3, 0.4) is 0 Å². The predicted octanol–water partition coefficient (Wildman–Crippen LogP) is 5.71. The van der Waals surface area contributed by atoms with Crippen molar-refractivity contribution in [2.45, 2.75) is 71.0 Å². The van der Waals surface area contributed by atoms with Crippen LogP contribution in [-0.4, -0.2) is 22.4 Å². The van der Waals surface area contributed by atoms with Crippen molar-refractivity contribution in [1.82, 2.24) is 0 Å². The summed E-state index contributed by atoms with van der Waals surface area (Å²) in [6.07, 6.45) is 13.2. The smallest absolute Gasteiger partial charge is 0.0811 e. The molecule has 2 nitrogen and oxygen atoms in total. The normalized spacial score (nSPS) is 42.6. The van der Waals surface area contributed by atoms with Crippen LogP contribution in [0.25, 0.3) is 0 Å². The highest BCUT2D eigenvalue weighted by molar-refractivity contribution is 14.1. The molecule has 0 bridgehead atoms. The molecule has 3 heteroatoms. The average Bonchev–Trinajstić information content (AvgIpc) is 2.94. The highest BCUT2D eigenvalue weighted by Gasteiger charge is 2.50. The van der Waals surface area contributed by atoms with E-state index in [1.54, 1.807) is 5.57 Å². The number of aliphatic hydroxyl groups excluding tert-OH is 2. The van der Waals surface area contributed by atoms with Gasteiger partial charge in [-0.15, -0.1) is 0 Å². The maximum absolute atomic E-state index is 10.1. The van der Waals surface area contributed by atoms with Gasteiger partial charge in [-0.3, -0.25) is 0 Å². The zero-order valence-electron chi connectivity index (χ0n) is 16.1. The topological polar surface area (TPSA) is 40.5 Å². The van der Waals surface area contributed by atoms with Gasteiger partial charge in [0.15, 0.2) is 0 Å². The highest BCUT2D eigenvalue weighted by Crippen LogP contribution is 2.59. The largest absolute Gasteiger partial charge is 0.393 e. The minimum Gasteiger partial charge on any atom is -0.393 e. The van der Waals surface area contributed by atoms with Gasteiger partial charge in [0.05, 0.1) is 12.2 Å². The quantitative estimate of drug-likeness (QED) is 0.521. The van der Waals surface area contributed by atoms with E-state index in [-0.39, 0.29) is 0 Å². The summed E-state index contributed by atoms with van der Waals surface area (Å²) >= 11 is 2.34. The number of aliphatic hydroxyl groups is 2. The Morgan fingerprint density at radius 1 is 1.27 bits per heavy atom. The molecule has 3 rings (SSSR count). The summed E-state index contributed by atoms with van der Waals surface area (Å²) in [4.78, 5) is 0. The summed E-state index contributed by atoms with van der Waals surface area (Å²) in [6.45, 7) is 8.93. The summed E-state index contributed by atoms with van der Waals surface area (Å²) < 4.78 is 2.18. The monoisotopic (exact) mass is 468 g/mol. The zero-order chi connectivity index (χ0) is 18.9. The molecule has 0 saturated heterocycles. The van der Waals surface area contributed by atoms with Gasteiger partial charge in [0.1, 0.15) is 0 Å². The van der Waals surface area contributed by atoms with E-state index in [0.717, 1.165) is 17.1 Å². The van der Waals surface area contributed by atoms with Gasteiger partial charge < -0.3 is 10.2 Å². The Kier molecular flexibility index (Phi) is 6.51. The molecule has 3 aliphatic rings. The van der Waals surface area contributed by atoms with Gasteiger partial charge in [-0.2, -0.15) is 0 Å². The van der Waals surface area contributed by atoms with Crippen molar-refractivity contribution in [3.05, 3.63) is 45.6 Å². The number of halogens is 1. The zero-order valence-corrected chi connectivity index (χ0v) is 18.3. The number of rotatable bonds is 3. The molecular formula is C23H33IO2. The Morgan fingerprint density at radius 3 is 2.77 bits per heavy atom. The number of allylic oxidation sites excluding steroid dienone is 4. The molecule has 0 radical (unpaired) electrons. The number of fused-ring (bicyclic) bond motifs is 1. The molecule has 26 heavy (non-hydrogen) atoms. The Balaban J connectivity index is 1.82. The summed E-state index contributed by atoms with van der Waals surface area (Å²) in [5.41, 5.74) is 3.78. The Bertz CT molecular complexity index is 632. The molecule has 3 fully saturated rings. The Morgan fingerprint density at radius 2 is 2.04 bits per heavy atom. The van der Waals surface area contributed by atoms with Gasteiger partial charge in [0, 0.05) is 6.42 Å². The van der Waals surface area contributed by atoms with E-state index in [9.17, 15) is 10.2 Å². The third kappa shape index (κ3) is 3.90.